The molecule has 0 radical (unpaired) electrons. The fourth-order valence-electron chi connectivity index (χ4n) is 2.81. The van der Waals surface area contributed by atoms with Gasteiger partial charge in [0.25, 0.3) is 5.91 Å². The van der Waals surface area contributed by atoms with E-state index in [1.54, 1.807) is 24.0 Å². The number of carbonyl (C=O) groups is 2. The van der Waals surface area contributed by atoms with Crippen LogP contribution in [0.1, 0.15) is 19.4 Å². The third kappa shape index (κ3) is 3.40. The Bertz CT molecular complexity index is 758. The van der Waals surface area contributed by atoms with Gasteiger partial charge < -0.3 is 15.0 Å². The van der Waals surface area contributed by atoms with Crippen LogP contribution in [-0.4, -0.2) is 24.5 Å². The second-order valence-electron chi connectivity index (χ2n) is 5.85. The van der Waals surface area contributed by atoms with Crippen molar-refractivity contribution in [2.75, 3.05) is 16.8 Å². The van der Waals surface area contributed by atoms with Crippen molar-refractivity contribution in [1.82, 2.24) is 0 Å². The van der Waals surface area contributed by atoms with Gasteiger partial charge in [0.1, 0.15) is 5.75 Å². The largest absolute Gasteiger partial charge is 0.479 e. The van der Waals surface area contributed by atoms with Crippen molar-refractivity contribution in [3.05, 3.63) is 54.1 Å². The molecule has 124 valence electrons. The fourth-order valence-corrected chi connectivity index (χ4v) is 2.81. The average molecular weight is 324 g/mol. The summed E-state index contributed by atoms with van der Waals surface area (Å²) in [5.41, 5.74) is 2.58. The van der Waals surface area contributed by atoms with E-state index in [-0.39, 0.29) is 11.8 Å². The maximum atomic E-state index is 12.5. The molecule has 1 aliphatic heterocycles. The molecule has 1 atom stereocenters. The maximum absolute atomic E-state index is 12.5. The number of nitrogens with one attached hydrogen (secondary N) is 1. The molecule has 1 aliphatic rings. The van der Waals surface area contributed by atoms with Crippen molar-refractivity contribution >= 4 is 23.2 Å². The Kier molecular flexibility index (Phi) is 4.51. The zero-order valence-electron chi connectivity index (χ0n) is 13.8. The van der Waals surface area contributed by atoms with Gasteiger partial charge in [-0.25, -0.2) is 0 Å². The molecule has 5 nitrogen and oxygen atoms in total. The lowest BCUT2D eigenvalue weighted by molar-refractivity contribution is -0.125. The Balaban J connectivity index is 1.84. The molecular formula is C19H20N2O3. The van der Waals surface area contributed by atoms with Crippen LogP contribution in [0.4, 0.5) is 11.4 Å². The predicted octanol–water partition coefficient (Wildman–Crippen LogP) is 3.00. The van der Waals surface area contributed by atoms with Crippen LogP contribution in [0.15, 0.2) is 48.5 Å². The first-order chi connectivity index (χ1) is 11.5. The second kappa shape index (κ2) is 6.74. The Labute approximate surface area is 141 Å². The minimum absolute atomic E-state index is 0.0503. The topological polar surface area (TPSA) is 58.6 Å². The quantitative estimate of drug-likeness (QED) is 0.940. The van der Waals surface area contributed by atoms with Crippen molar-refractivity contribution in [3.8, 4) is 5.75 Å². The highest BCUT2D eigenvalue weighted by atomic mass is 16.5. The van der Waals surface area contributed by atoms with Crippen molar-refractivity contribution in [3.63, 3.8) is 0 Å². The van der Waals surface area contributed by atoms with Gasteiger partial charge >= 0.3 is 0 Å². The standard InChI is InChI=1S/C19H20N2O3/c1-13-19(23)21(11-10-15-6-4-3-5-7-15)17-9-8-16(20-14(2)22)12-18(17)24-13/h3-9,12-13H,10-11H2,1-2H3,(H,20,22). The van der Waals surface area contributed by atoms with Gasteiger partial charge in [0.05, 0.1) is 5.69 Å². The summed E-state index contributed by atoms with van der Waals surface area (Å²) in [6, 6.07) is 15.4. The van der Waals surface area contributed by atoms with Gasteiger partial charge in [-0.15, -0.1) is 0 Å². The Morgan fingerprint density at radius 3 is 2.67 bits per heavy atom. The summed E-state index contributed by atoms with van der Waals surface area (Å²) < 4.78 is 5.71. The molecule has 0 spiro atoms. The molecule has 2 aromatic rings. The van der Waals surface area contributed by atoms with Gasteiger partial charge in [-0.1, -0.05) is 30.3 Å². The fraction of sp³-hybridized carbons (Fsp3) is 0.263. The van der Waals surface area contributed by atoms with Crippen LogP contribution in [0.5, 0.6) is 5.75 Å². The van der Waals surface area contributed by atoms with Crippen LogP contribution in [-0.2, 0) is 16.0 Å². The average Bonchev–Trinajstić information content (AvgIpc) is 2.56. The van der Waals surface area contributed by atoms with Crippen LogP contribution in [0.25, 0.3) is 0 Å². The normalized spacial score (nSPS) is 16.3. The molecule has 0 aliphatic carbocycles. The molecule has 0 bridgehead atoms. The lowest BCUT2D eigenvalue weighted by atomic mass is 10.1. The number of ether oxygens (including phenoxy) is 1. The number of hydrogen-bond acceptors (Lipinski definition) is 3. The van der Waals surface area contributed by atoms with E-state index < -0.39 is 6.10 Å². The summed E-state index contributed by atoms with van der Waals surface area (Å²) in [6.07, 6.45) is 0.229. The zero-order chi connectivity index (χ0) is 17.1. The molecule has 2 aromatic carbocycles. The highest BCUT2D eigenvalue weighted by Gasteiger charge is 2.31. The first-order valence-corrected chi connectivity index (χ1v) is 7.98. The summed E-state index contributed by atoms with van der Waals surface area (Å²) in [5.74, 6) is 0.419. The summed E-state index contributed by atoms with van der Waals surface area (Å²) in [5, 5.41) is 2.73. The van der Waals surface area contributed by atoms with Gasteiger partial charge in [0.2, 0.25) is 5.91 Å². The number of anilines is 2. The van der Waals surface area contributed by atoms with Crippen molar-refractivity contribution < 1.29 is 14.3 Å². The minimum Gasteiger partial charge on any atom is -0.479 e. The van der Waals surface area contributed by atoms with E-state index in [4.69, 9.17) is 4.74 Å². The number of benzene rings is 2. The molecule has 1 heterocycles. The number of carbonyl (C=O) groups excluding carboxylic acids is 2. The third-order valence-electron chi connectivity index (χ3n) is 3.96. The van der Waals surface area contributed by atoms with E-state index >= 15 is 0 Å². The van der Waals surface area contributed by atoms with Crippen LogP contribution in [0, 0.1) is 0 Å². The van der Waals surface area contributed by atoms with E-state index in [1.165, 1.54) is 12.5 Å². The third-order valence-corrected chi connectivity index (χ3v) is 3.96. The van der Waals surface area contributed by atoms with E-state index in [1.807, 2.05) is 24.3 Å². The molecule has 24 heavy (non-hydrogen) atoms. The molecule has 0 saturated heterocycles. The SMILES string of the molecule is CC(=O)Nc1ccc2c(c1)OC(C)C(=O)N2CCc1ccccc1. The second-order valence-corrected chi connectivity index (χ2v) is 5.85. The highest BCUT2D eigenvalue weighted by Crippen LogP contribution is 2.36. The molecule has 1 N–H and O–H groups in total. The van der Waals surface area contributed by atoms with Gasteiger partial charge in [0, 0.05) is 25.2 Å². The lowest BCUT2D eigenvalue weighted by Crippen LogP contribution is -2.45. The Morgan fingerprint density at radius 1 is 1.21 bits per heavy atom. The smallest absolute Gasteiger partial charge is 0.267 e. The Hall–Kier alpha value is -2.82. The van der Waals surface area contributed by atoms with E-state index in [0.29, 0.717) is 18.0 Å². The van der Waals surface area contributed by atoms with Crippen molar-refractivity contribution in [2.45, 2.75) is 26.4 Å². The van der Waals surface area contributed by atoms with Crippen molar-refractivity contribution in [2.24, 2.45) is 0 Å². The number of hydrogen-bond donors (Lipinski definition) is 1. The maximum Gasteiger partial charge on any atom is 0.267 e. The van der Waals surface area contributed by atoms with E-state index in [0.717, 1.165) is 12.1 Å². The molecule has 5 heteroatoms. The molecule has 0 saturated carbocycles. The summed E-state index contributed by atoms with van der Waals surface area (Å²) >= 11 is 0. The summed E-state index contributed by atoms with van der Waals surface area (Å²) in [6.45, 7) is 3.79. The molecule has 0 fully saturated rings. The molecule has 3 rings (SSSR count). The lowest BCUT2D eigenvalue weighted by Gasteiger charge is -2.33. The summed E-state index contributed by atoms with van der Waals surface area (Å²) in [4.78, 5) is 25.5. The van der Waals surface area contributed by atoms with Crippen LogP contribution in [0.2, 0.25) is 0 Å². The van der Waals surface area contributed by atoms with E-state index in [2.05, 4.69) is 17.4 Å². The minimum atomic E-state index is -0.541. The monoisotopic (exact) mass is 324 g/mol. The van der Waals surface area contributed by atoms with Gasteiger partial charge in [-0.05, 0) is 31.0 Å². The predicted molar refractivity (Wildman–Crippen MR) is 93.3 cm³/mol. The highest BCUT2D eigenvalue weighted by molar-refractivity contribution is 6.00. The number of nitrogens with zero attached hydrogens (tertiary/aromatic N) is 1. The zero-order valence-corrected chi connectivity index (χ0v) is 13.8. The molecule has 0 aromatic heterocycles. The van der Waals surface area contributed by atoms with Gasteiger partial charge in [0.15, 0.2) is 6.10 Å². The Morgan fingerprint density at radius 2 is 1.96 bits per heavy atom. The van der Waals surface area contributed by atoms with Crippen LogP contribution < -0.4 is 15.0 Å². The number of rotatable bonds is 4. The van der Waals surface area contributed by atoms with Crippen LogP contribution >= 0.6 is 0 Å². The molecule has 2 amide bonds. The number of fused-ring (bicyclic) bond motifs is 1. The van der Waals surface area contributed by atoms with Gasteiger partial charge in [-0.2, -0.15) is 0 Å². The molecule has 1 unspecified atom stereocenters. The summed E-state index contributed by atoms with van der Waals surface area (Å²) in [7, 11) is 0. The van der Waals surface area contributed by atoms with Crippen molar-refractivity contribution in [1.29, 1.82) is 0 Å². The van der Waals surface area contributed by atoms with Gasteiger partial charge in [-0.3, -0.25) is 9.59 Å². The first kappa shape index (κ1) is 16.1. The molecular weight excluding hydrogens is 304 g/mol. The van der Waals surface area contributed by atoms with E-state index in [9.17, 15) is 9.59 Å². The van der Waals surface area contributed by atoms with Crippen LogP contribution in [0.3, 0.4) is 0 Å². The first-order valence-electron chi connectivity index (χ1n) is 7.98. The number of amides is 2.